The highest BCUT2D eigenvalue weighted by Gasteiger charge is 2.28. The highest BCUT2D eigenvalue weighted by Crippen LogP contribution is 2.33. The average Bonchev–Trinajstić information content (AvgIpc) is 2.41. The Morgan fingerprint density at radius 2 is 1.74 bits per heavy atom. The largest absolute Gasteiger partial charge is 0.394 e. The Morgan fingerprint density at radius 3 is 2.11 bits per heavy atom. The van der Waals surface area contributed by atoms with Crippen LogP contribution in [0.4, 0.5) is 11.5 Å². The van der Waals surface area contributed by atoms with E-state index in [-0.39, 0.29) is 11.0 Å². The van der Waals surface area contributed by atoms with Gasteiger partial charge in [-0.25, -0.2) is 0 Å². The number of rotatable bonds is 4. The summed E-state index contributed by atoms with van der Waals surface area (Å²) in [6, 6.07) is 0. The molecule has 0 radical (unpaired) electrons. The predicted molar refractivity (Wildman–Crippen MR) is 83.5 cm³/mol. The van der Waals surface area contributed by atoms with Crippen LogP contribution >= 0.6 is 0 Å². The molecule has 0 saturated heterocycles. The van der Waals surface area contributed by atoms with Gasteiger partial charge in [0.15, 0.2) is 0 Å². The van der Waals surface area contributed by atoms with Gasteiger partial charge in [0.25, 0.3) is 0 Å². The standard InChI is InChI=1S/C15H30N4/c1-10(2)12-11(16)13(19(8)18-12)17-15(6,7)9-14(3,4)5/h10,17H,9,16H2,1-8H3. The number of nitrogens with one attached hydrogen (secondary N) is 1. The number of aryl methyl sites for hydroxylation is 1. The number of nitrogens with zero attached hydrogens (tertiary/aromatic N) is 2. The normalized spacial score (nSPS) is 13.1. The molecule has 3 N–H and O–H groups in total. The van der Waals surface area contributed by atoms with Gasteiger partial charge in [-0.1, -0.05) is 34.6 Å². The summed E-state index contributed by atoms with van der Waals surface area (Å²) in [5.41, 5.74) is 8.23. The summed E-state index contributed by atoms with van der Waals surface area (Å²) in [4.78, 5) is 0. The van der Waals surface area contributed by atoms with Crippen molar-refractivity contribution in [3.63, 3.8) is 0 Å². The average molecular weight is 266 g/mol. The van der Waals surface area contributed by atoms with Gasteiger partial charge in [-0.05, 0) is 31.6 Å². The molecule has 0 aromatic carbocycles. The first-order chi connectivity index (χ1) is 8.43. The molecule has 4 nitrogen and oxygen atoms in total. The maximum absolute atomic E-state index is 6.23. The molecule has 1 aromatic heterocycles. The van der Waals surface area contributed by atoms with Crippen molar-refractivity contribution in [2.24, 2.45) is 12.5 Å². The minimum atomic E-state index is -0.0194. The van der Waals surface area contributed by atoms with Gasteiger partial charge in [-0.3, -0.25) is 4.68 Å². The molecule has 1 heterocycles. The number of nitrogen functional groups attached to an aromatic ring is 1. The highest BCUT2D eigenvalue weighted by atomic mass is 15.3. The van der Waals surface area contributed by atoms with Crippen molar-refractivity contribution < 1.29 is 0 Å². The number of nitrogens with two attached hydrogens (primary N) is 1. The van der Waals surface area contributed by atoms with Crippen LogP contribution in [-0.2, 0) is 7.05 Å². The maximum Gasteiger partial charge on any atom is 0.148 e. The van der Waals surface area contributed by atoms with Crippen LogP contribution in [0, 0.1) is 5.41 Å². The SMILES string of the molecule is CC(C)c1nn(C)c(NC(C)(C)CC(C)(C)C)c1N. The van der Waals surface area contributed by atoms with E-state index in [1.54, 1.807) is 0 Å². The van der Waals surface area contributed by atoms with Crippen molar-refractivity contribution in [1.82, 2.24) is 9.78 Å². The lowest BCUT2D eigenvalue weighted by molar-refractivity contribution is 0.301. The van der Waals surface area contributed by atoms with Crippen LogP contribution < -0.4 is 11.1 Å². The van der Waals surface area contributed by atoms with Crippen LogP contribution in [0.3, 0.4) is 0 Å². The molecule has 0 aliphatic rings. The molecule has 0 saturated carbocycles. The molecule has 0 aliphatic carbocycles. The quantitative estimate of drug-likeness (QED) is 0.872. The van der Waals surface area contributed by atoms with Crippen molar-refractivity contribution in [3.8, 4) is 0 Å². The second kappa shape index (κ2) is 5.06. The maximum atomic E-state index is 6.23. The fraction of sp³-hybridized carbons (Fsp3) is 0.800. The van der Waals surface area contributed by atoms with Crippen molar-refractivity contribution in [2.75, 3.05) is 11.1 Å². The molecule has 0 aliphatic heterocycles. The lowest BCUT2D eigenvalue weighted by Crippen LogP contribution is -2.36. The Hall–Kier alpha value is -1.19. The fourth-order valence-electron chi connectivity index (χ4n) is 2.83. The number of anilines is 2. The topological polar surface area (TPSA) is 55.9 Å². The highest BCUT2D eigenvalue weighted by molar-refractivity contribution is 5.66. The Kier molecular flexibility index (Phi) is 4.23. The van der Waals surface area contributed by atoms with E-state index in [1.807, 2.05) is 11.7 Å². The van der Waals surface area contributed by atoms with E-state index in [0.717, 1.165) is 23.6 Å². The van der Waals surface area contributed by atoms with Crippen LogP contribution in [-0.4, -0.2) is 15.3 Å². The first-order valence-electron chi connectivity index (χ1n) is 7.03. The molecule has 1 rings (SSSR count). The van der Waals surface area contributed by atoms with E-state index in [1.165, 1.54) is 0 Å². The molecule has 0 bridgehead atoms. The van der Waals surface area contributed by atoms with Gasteiger partial charge in [0.05, 0.1) is 11.4 Å². The van der Waals surface area contributed by atoms with E-state index in [2.05, 4.69) is 58.9 Å². The molecular formula is C15H30N4. The third kappa shape index (κ3) is 4.15. The molecule has 0 fully saturated rings. The fourth-order valence-corrected chi connectivity index (χ4v) is 2.83. The zero-order valence-electron chi connectivity index (χ0n) is 13.8. The Morgan fingerprint density at radius 1 is 1.21 bits per heavy atom. The monoisotopic (exact) mass is 266 g/mol. The Labute approximate surface area is 117 Å². The van der Waals surface area contributed by atoms with Crippen LogP contribution in [0.5, 0.6) is 0 Å². The summed E-state index contributed by atoms with van der Waals surface area (Å²) in [6.07, 6.45) is 1.06. The first-order valence-corrected chi connectivity index (χ1v) is 7.03. The molecule has 4 heteroatoms. The second-order valence-electron chi connectivity index (χ2n) is 7.67. The molecule has 0 atom stereocenters. The van der Waals surface area contributed by atoms with Gasteiger partial charge >= 0.3 is 0 Å². The van der Waals surface area contributed by atoms with Gasteiger partial charge in [-0.15, -0.1) is 0 Å². The van der Waals surface area contributed by atoms with Crippen LogP contribution in [0.25, 0.3) is 0 Å². The van der Waals surface area contributed by atoms with Crippen LogP contribution in [0.2, 0.25) is 0 Å². The molecule has 110 valence electrons. The zero-order valence-corrected chi connectivity index (χ0v) is 13.8. The summed E-state index contributed by atoms with van der Waals surface area (Å²) in [5, 5.41) is 8.08. The molecule has 0 unspecified atom stereocenters. The summed E-state index contributed by atoms with van der Waals surface area (Å²) in [7, 11) is 1.94. The zero-order chi connectivity index (χ0) is 15.0. The molecular weight excluding hydrogens is 236 g/mol. The van der Waals surface area contributed by atoms with Crippen molar-refractivity contribution >= 4 is 11.5 Å². The van der Waals surface area contributed by atoms with E-state index >= 15 is 0 Å². The van der Waals surface area contributed by atoms with Crippen LogP contribution in [0.1, 0.15) is 66.5 Å². The van der Waals surface area contributed by atoms with Crippen LogP contribution in [0.15, 0.2) is 0 Å². The minimum absolute atomic E-state index is 0.0194. The van der Waals surface area contributed by atoms with Gasteiger partial charge < -0.3 is 11.1 Å². The minimum Gasteiger partial charge on any atom is -0.394 e. The lowest BCUT2D eigenvalue weighted by Gasteiger charge is -2.34. The first kappa shape index (κ1) is 15.9. The second-order valence-corrected chi connectivity index (χ2v) is 7.67. The summed E-state index contributed by atoms with van der Waals surface area (Å²) in [6.45, 7) is 15.4. The van der Waals surface area contributed by atoms with E-state index in [4.69, 9.17) is 5.73 Å². The lowest BCUT2D eigenvalue weighted by atomic mass is 9.82. The van der Waals surface area contributed by atoms with Gasteiger partial charge in [-0.2, -0.15) is 5.10 Å². The van der Waals surface area contributed by atoms with E-state index < -0.39 is 0 Å². The smallest absolute Gasteiger partial charge is 0.148 e. The van der Waals surface area contributed by atoms with Gasteiger partial charge in [0.2, 0.25) is 0 Å². The van der Waals surface area contributed by atoms with Gasteiger partial charge in [0.1, 0.15) is 5.82 Å². The molecule has 0 spiro atoms. The third-order valence-electron chi connectivity index (χ3n) is 3.09. The summed E-state index contributed by atoms with van der Waals surface area (Å²) in [5.74, 6) is 1.27. The predicted octanol–water partition coefficient (Wildman–Crippen LogP) is 3.75. The molecule has 19 heavy (non-hydrogen) atoms. The van der Waals surface area contributed by atoms with Crippen molar-refractivity contribution in [3.05, 3.63) is 5.69 Å². The third-order valence-corrected chi connectivity index (χ3v) is 3.09. The van der Waals surface area contributed by atoms with E-state index in [0.29, 0.717) is 5.92 Å². The number of hydrogen-bond donors (Lipinski definition) is 2. The van der Waals surface area contributed by atoms with Crippen molar-refractivity contribution in [2.45, 2.75) is 66.3 Å². The number of hydrogen-bond acceptors (Lipinski definition) is 3. The summed E-state index contributed by atoms with van der Waals surface area (Å²) >= 11 is 0. The Balaban J connectivity index is 3.00. The Bertz CT molecular complexity index is 436. The van der Waals surface area contributed by atoms with E-state index in [9.17, 15) is 0 Å². The molecule has 1 aromatic rings. The van der Waals surface area contributed by atoms with Crippen molar-refractivity contribution in [1.29, 1.82) is 0 Å². The van der Waals surface area contributed by atoms with Gasteiger partial charge in [0, 0.05) is 12.6 Å². The summed E-state index contributed by atoms with van der Waals surface area (Å²) < 4.78 is 1.86. The molecule has 0 amide bonds. The number of aromatic nitrogens is 2.